The van der Waals surface area contributed by atoms with Crippen LogP contribution in [0.5, 0.6) is 11.5 Å². The highest BCUT2D eigenvalue weighted by Gasteiger charge is 2.45. The molecule has 0 unspecified atom stereocenters. The number of aliphatic hydroxyl groups is 1. The molecule has 0 radical (unpaired) electrons. The molecule has 1 heterocycles. The van der Waals surface area contributed by atoms with Crippen LogP contribution in [0.4, 0.5) is 0 Å². The molecule has 1 aliphatic rings. The molecular weight excluding hydrogens is 386 g/mol. The van der Waals surface area contributed by atoms with E-state index in [0.717, 1.165) is 5.56 Å². The lowest BCUT2D eigenvalue weighted by molar-refractivity contribution is -0.140. The zero-order valence-corrected chi connectivity index (χ0v) is 17.5. The Hall–Kier alpha value is -3.32. The molecule has 0 bridgehead atoms. The minimum Gasteiger partial charge on any atom is -0.507 e. The number of ether oxygens (including phenoxy) is 3. The van der Waals surface area contributed by atoms with Crippen molar-refractivity contribution in [3.63, 3.8) is 0 Å². The summed E-state index contributed by atoms with van der Waals surface area (Å²) in [6.45, 7) is 2.32. The van der Waals surface area contributed by atoms with Gasteiger partial charge in [0.15, 0.2) is 0 Å². The smallest absolute Gasteiger partial charge is 0.295 e. The molecule has 2 aromatic carbocycles. The van der Waals surface area contributed by atoms with Gasteiger partial charge in [-0.2, -0.15) is 0 Å². The number of aliphatic hydroxyl groups excluding tert-OH is 1. The van der Waals surface area contributed by atoms with Gasteiger partial charge in [0, 0.05) is 19.2 Å². The van der Waals surface area contributed by atoms with Crippen LogP contribution in [0.1, 0.15) is 22.7 Å². The molecule has 0 saturated carbocycles. The molecule has 1 fully saturated rings. The zero-order chi connectivity index (χ0) is 21.8. The van der Waals surface area contributed by atoms with Crippen molar-refractivity contribution < 1.29 is 28.9 Å². The Morgan fingerprint density at radius 3 is 2.30 bits per heavy atom. The molecule has 3 rings (SSSR count). The third-order valence-electron chi connectivity index (χ3n) is 5.18. The molecule has 7 heteroatoms. The van der Waals surface area contributed by atoms with Gasteiger partial charge in [-0.15, -0.1) is 0 Å². The molecule has 0 spiro atoms. The number of ketones is 1. The normalized spacial score (nSPS) is 18.0. The molecule has 1 N–H and O–H groups in total. The highest BCUT2D eigenvalue weighted by Crippen LogP contribution is 2.40. The molecule has 30 heavy (non-hydrogen) atoms. The molecule has 1 saturated heterocycles. The lowest BCUT2D eigenvalue weighted by Crippen LogP contribution is -2.32. The third-order valence-corrected chi connectivity index (χ3v) is 5.18. The number of hydrogen-bond donors (Lipinski definition) is 1. The quantitative estimate of drug-likeness (QED) is 0.428. The number of benzene rings is 2. The topological polar surface area (TPSA) is 85.3 Å². The summed E-state index contributed by atoms with van der Waals surface area (Å²) in [6, 6.07) is 11.4. The zero-order valence-electron chi connectivity index (χ0n) is 17.5. The van der Waals surface area contributed by atoms with Crippen molar-refractivity contribution in [1.29, 1.82) is 0 Å². The Labute approximate surface area is 175 Å². The van der Waals surface area contributed by atoms with E-state index in [1.54, 1.807) is 56.7 Å². The largest absolute Gasteiger partial charge is 0.507 e. The molecule has 0 aromatic heterocycles. The lowest BCUT2D eigenvalue weighted by atomic mass is 9.94. The standard InChI is InChI=1S/C23H25NO6/c1-14-13-16(7-10-18(14)30-4)21(25)19-20(15-5-8-17(29-3)9-6-15)24(11-12-28-2)23(27)22(19)26/h5-10,13,20,25H,11-12H2,1-4H3/t20-/m0/s1. The van der Waals surface area contributed by atoms with Crippen molar-refractivity contribution in [2.75, 3.05) is 34.5 Å². The first kappa shape index (κ1) is 21.4. The van der Waals surface area contributed by atoms with Gasteiger partial charge in [0.25, 0.3) is 11.7 Å². The van der Waals surface area contributed by atoms with Gasteiger partial charge in [0.05, 0.1) is 32.4 Å². The Morgan fingerprint density at radius 2 is 1.73 bits per heavy atom. The predicted molar refractivity (Wildman–Crippen MR) is 112 cm³/mol. The molecule has 1 amide bonds. The number of rotatable bonds is 7. The third kappa shape index (κ3) is 3.89. The van der Waals surface area contributed by atoms with Crippen LogP contribution >= 0.6 is 0 Å². The first-order chi connectivity index (χ1) is 14.4. The monoisotopic (exact) mass is 411 g/mol. The van der Waals surface area contributed by atoms with Crippen LogP contribution < -0.4 is 9.47 Å². The average molecular weight is 411 g/mol. The van der Waals surface area contributed by atoms with Gasteiger partial charge >= 0.3 is 0 Å². The Balaban J connectivity index is 2.14. The lowest BCUT2D eigenvalue weighted by Gasteiger charge is -2.25. The molecule has 2 aromatic rings. The Kier molecular flexibility index (Phi) is 6.42. The first-order valence-corrected chi connectivity index (χ1v) is 9.49. The number of nitrogens with zero attached hydrogens (tertiary/aromatic N) is 1. The van der Waals surface area contributed by atoms with Crippen molar-refractivity contribution in [2.24, 2.45) is 0 Å². The predicted octanol–water partition coefficient (Wildman–Crippen LogP) is 3.08. The van der Waals surface area contributed by atoms with E-state index < -0.39 is 17.7 Å². The second-order valence-corrected chi connectivity index (χ2v) is 6.94. The second-order valence-electron chi connectivity index (χ2n) is 6.94. The van der Waals surface area contributed by atoms with Gasteiger partial charge in [0.2, 0.25) is 0 Å². The van der Waals surface area contributed by atoms with Crippen LogP contribution in [0, 0.1) is 6.92 Å². The van der Waals surface area contributed by atoms with Crippen molar-refractivity contribution in [2.45, 2.75) is 13.0 Å². The fraction of sp³-hybridized carbons (Fsp3) is 0.304. The van der Waals surface area contributed by atoms with Gasteiger partial charge in [-0.05, 0) is 48.4 Å². The molecular formula is C23H25NO6. The summed E-state index contributed by atoms with van der Waals surface area (Å²) >= 11 is 0. The second kappa shape index (κ2) is 9.00. The van der Waals surface area contributed by atoms with Gasteiger partial charge < -0.3 is 24.2 Å². The number of amides is 1. The maximum atomic E-state index is 12.9. The average Bonchev–Trinajstić information content (AvgIpc) is 3.01. The summed E-state index contributed by atoms with van der Waals surface area (Å²) < 4.78 is 15.6. The summed E-state index contributed by atoms with van der Waals surface area (Å²) in [5, 5.41) is 11.1. The summed E-state index contributed by atoms with van der Waals surface area (Å²) in [5.74, 6) is -0.297. The number of Topliss-reactive ketones (excluding diaryl/α,β-unsaturated/α-hetero) is 1. The van der Waals surface area contributed by atoms with Crippen LogP contribution in [0.3, 0.4) is 0 Å². The minimum absolute atomic E-state index is 0.0471. The number of aryl methyl sites for hydroxylation is 1. The summed E-state index contributed by atoms with van der Waals surface area (Å²) in [6.07, 6.45) is 0. The molecule has 158 valence electrons. The van der Waals surface area contributed by atoms with E-state index in [-0.39, 0.29) is 24.5 Å². The van der Waals surface area contributed by atoms with Crippen LogP contribution in [0.2, 0.25) is 0 Å². The maximum absolute atomic E-state index is 12.9. The Morgan fingerprint density at radius 1 is 1.03 bits per heavy atom. The highest BCUT2D eigenvalue weighted by molar-refractivity contribution is 6.46. The van der Waals surface area contributed by atoms with Crippen molar-refractivity contribution in [1.82, 2.24) is 4.90 Å². The number of methoxy groups -OCH3 is 3. The number of hydrogen-bond acceptors (Lipinski definition) is 6. The van der Waals surface area contributed by atoms with E-state index in [4.69, 9.17) is 14.2 Å². The van der Waals surface area contributed by atoms with Crippen molar-refractivity contribution >= 4 is 17.4 Å². The molecule has 1 aliphatic heterocycles. The molecule has 7 nitrogen and oxygen atoms in total. The van der Waals surface area contributed by atoms with Crippen LogP contribution in [0.15, 0.2) is 48.0 Å². The molecule has 1 atom stereocenters. The van der Waals surface area contributed by atoms with E-state index in [1.165, 1.54) is 12.0 Å². The number of carbonyl (C=O) groups excluding carboxylic acids is 2. The van der Waals surface area contributed by atoms with E-state index >= 15 is 0 Å². The fourth-order valence-electron chi connectivity index (χ4n) is 3.61. The van der Waals surface area contributed by atoms with E-state index in [1.807, 2.05) is 6.92 Å². The number of likely N-dealkylation sites (tertiary alicyclic amines) is 1. The van der Waals surface area contributed by atoms with Gasteiger partial charge in [-0.1, -0.05) is 12.1 Å². The van der Waals surface area contributed by atoms with Crippen molar-refractivity contribution in [3.05, 3.63) is 64.7 Å². The SMILES string of the molecule is COCCN1C(=O)C(=O)C(=C(O)c2ccc(OC)c(C)c2)[C@@H]1c1ccc(OC)cc1. The van der Waals surface area contributed by atoms with Gasteiger partial charge in [-0.3, -0.25) is 9.59 Å². The van der Waals surface area contributed by atoms with Crippen molar-refractivity contribution in [3.8, 4) is 11.5 Å². The van der Waals surface area contributed by atoms with E-state index in [0.29, 0.717) is 22.6 Å². The summed E-state index contributed by atoms with van der Waals surface area (Å²) in [7, 11) is 4.65. The highest BCUT2D eigenvalue weighted by atomic mass is 16.5. The summed E-state index contributed by atoms with van der Waals surface area (Å²) in [5.41, 5.74) is 1.98. The summed E-state index contributed by atoms with van der Waals surface area (Å²) in [4.78, 5) is 27.1. The van der Waals surface area contributed by atoms with Crippen LogP contribution in [-0.2, 0) is 14.3 Å². The van der Waals surface area contributed by atoms with Gasteiger partial charge in [0.1, 0.15) is 17.3 Å². The van der Waals surface area contributed by atoms with E-state index in [9.17, 15) is 14.7 Å². The van der Waals surface area contributed by atoms with Gasteiger partial charge in [-0.25, -0.2) is 0 Å². The Bertz CT molecular complexity index is 980. The van der Waals surface area contributed by atoms with Crippen LogP contribution in [-0.4, -0.2) is 56.2 Å². The van der Waals surface area contributed by atoms with E-state index in [2.05, 4.69) is 0 Å². The molecule has 0 aliphatic carbocycles. The maximum Gasteiger partial charge on any atom is 0.295 e. The first-order valence-electron chi connectivity index (χ1n) is 9.49. The van der Waals surface area contributed by atoms with Crippen LogP contribution in [0.25, 0.3) is 5.76 Å². The fourth-order valence-corrected chi connectivity index (χ4v) is 3.61. The number of carbonyl (C=O) groups is 2. The minimum atomic E-state index is -0.728.